The number of benzene rings is 2. The third kappa shape index (κ3) is 5.02. The van der Waals surface area contributed by atoms with Gasteiger partial charge in [0.15, 0.2) is 0 Å². The van der Waals surface area contributed by atoms with Crippen LogP contribution in [0.25, 0.3) is 11.1 Å². The second kappa shape index (κ2) is 9.25. The summed E-state index contributed by atoms with van der Waals surface area (Å²) >= 11 is 0. The molecule has 0 aliphatic heterocycles. The predicted molar refractivity (Wildman–Crippen MR) is 124 cm³/mol. The van der Waals surface area contributed by atoms with Gasteiger partial charge in [-0.2, -0.15) is 0 Å². The van der Waals surface area contributed by atoms with Gasteiger partial charge in [-0.1, -0.05) is 62.4 Å². The lowest BCUT2D eigenvalue weighted by Crippen LogP contribution is -2.40. The highest BCUT2D eigenvalue weighted by Crippen LogP contribution is 2.44. The second-order valence-corrected chi connectivity index (χ2v) is 9.54. The highest BCUT2D eigenvalue weighted by molar-refractivity contribution is 5.82. The molecule has 1 fully saturated rings. The maximum Gasteiger partial charge on any atom is 0.407 e. The molecule has 0 spiro atoms. The van der Waals surface area contributed by atoms with E-state index in [1.165, 1.54) is 11.1 Å². The molecule has 0 bridgehead atoms. The lowest BCUT2D eigenvalue weighted by molar-refractivity contribution is -0.139. The van der Waals surface area contributed by atoms with E-state index in [0.29, 0.717) is 25.9 Å². The minimum absolute atomic E-state index is 0.00224. The normalized spacial score (nSPS) is 18.7. The Kier molecular flexibility index (Phi) is 6.40. The summed E-state index contributed by atoms with van der Waals surface area (Å²) in [7, 11) is 0. The highest BCUT2D eigenvalue weighted by atomic mass is 16.5. The van der Waals surface area contributed by atoms with Crippen LogP contribution in [0.1, 0.15) is 43.7 Å². The number of carboxylic acids is 1. The first-order chi connectivity index (χ1) is 15.8. The predicted octanol–water partition coefficient (Wildman–Crippen LogP) is 3.78. The minimum atomic E-state index is -0.805. The number of amides is 2. The van der Waals surface area contributed by atoms with Gasteiger partial charge in [0, 0.05) is 24.4 Å². The van der Waals surface area contributed by atoms with Crippen molar-refractivity contribution in [1.82, 2.24) is 10.6 Å². The Hall–Kier alpha value is -3.35. The second-order valence-electron chi connectivity index (χ2n) is 9.54. The molecule has 7 nitrogen and oxygen atoms in total. The van der Waals surface area contributed by atoms with Gasteiger partial charge in [0.05, 0.1) is 5.92 Å². The van der Waals surface area contributed by atoms with E-state index in [4.69, 9.17) is 9.84 Å². The molecule has 2 atom stereocenters. The third-order valence-electron chi connectivity index (χ3n) is 6.74. The van der Waals surface area contributed by atoms with Crippen LogP contribution in [-0.2, 0) is 14.3 Å². The molecule has 0 aromatic heterocycles. The number of carbonyl (C=O) groups excluding carboxylic acids is 2. The van der Waals surface area contributed by atoms with Crippen LogP contribution < -0.4 is 10.6 Å². The lowest BCUT2D eigenvalue weighted by atomic mass is 9.88. The topological polar surface area (TPSA) is 105 Å². The molecule has 7 heteroatoms. The molecular weight excluding hydrogens is 420 g/mol. The monoisotopic (exact) mass is 450 g/mol. The van der Waals surface area contributed by atoms with Crippen molar-refractivity contribution in [3.63, 3.8) is 0 Å². The molecule has 33 heavy (non-hydrogen) atoms. The fourth-order valence-corrected chi connectivity index (χ4v) is 4.48. The summed E-state index contributed by atoms with van der Waals surface area (Å²) in [5.41, 5.74) is 3.98. The van der Waals surface area contributed by atoms with E-state index in [2.05, 4.69) is 34.9 Å². The van der Waals surface area contributed by atoms with Gasteiger partial charge in [-0.15, -0.1) is 0 Å². The van der Waals surface area contributed by atoms with Gasteiger partial charge in [0.25, 0.3) is 0 Å². The van der Waals surface area contributed by atoms with Crippen molar-refractivity contribution in [3.8, 4) is 11.1 Å². The van der Waals surface area contributed by atoms with Crippen molar-refractivity contribution in [3.05, 3.63) is 59.7 Å². The zero-order chi connectivity index (χ0) is 23.6. The number of carbonyl (C=O) groups is 3. The SMILES string of the molecule is CC(C)(CCNC(=O)OCC1c2ccccc2-c2ccccc21)C(=O)NC[C@H]1C[C@H]1C(=O)O. The summed E-state index contributed by atoms with van der Waals surface area (Å²) in [5, 5.41) is 14.6. The average Bonchev–Trinajstić information content (AvgIpc) is 3.51. The van der Waals surface area contributed by atoms with Crippen LogP contribution in [0, 0.1) is 17.3 Å². The molecular formula is C26H30N2O5. The Balaban J connectivity index is 1.22. The molecule has 0 unspecified atom stereocenters. The van der Waals surface area contributed by atoms with Gasteiger partial charge in [-0.05, 0) is 41.0 Å². The number of ether oxygens (including phenoxy) is 1. The summed E-state index contributed by atoms with van der Waals surface area (Å²) in [4.78, 5) is 35.7. The van der Waals surface area contributed by atoms with E-state index in [9.17, 15) is 14.4 Å². The molecule has 0 heterocycles. The van der Waals surface area contributed by atoms with Crippen LogP contribution in [0.3, 0.4) is 0 Å². The van der Waals surface area contributed by atoms with Crippen molar-refractivity contribution in [2.24, 2.45) is 17.3 Å². The van der Waals surface area contributed by atoms with Crippen molar-refractivity contribution in [2.45, 2.75) is 32.6 Å². The zero-order valence-electron chi connectivity index (χ0n) is 19.0. The Morgan fingerprint density at radius 3 is 2.18 bits per heavy atom. The summed E-state index contributed by atoms with van der Waals surface area (Å²) < 4.78 is 5.53. The Morgan fingerprint density at radius 1 is 1.00 bits per heavy atom. The van der Waals surface area contributed by atoms with Crippen LogP contribution in [-0.4, -0.2) is 42.8 Å². The third-order valence-corrected chi connectivity index (χ3v) is 6.74. The molecule has 2 aliphatic rings. The van der Waals surface area contributed by atoms with Gasteiger partial charge in [-0.25, -0.2) is 4.79 Å². The molecule has 0 saturated heterocycles. The number of carboxylic acid groups (broad SMARTS) is 1. The molecule has 4 rings (SSSR count). The van der Waals surface area contributed by atoms with E-state index in [0.717, 1.165) is 11.1 Å². The molecule has 174 valence electrons. The quantitative estimate of drug-likeness (QED) is 0.539. The first kappa shape index (κ1) is 22.8. The smallest absolute Gasteiger partial charge is 0.407 e. The maximum atomic E-state index is 12.5. The van der Waals surface area contributed by atoms with Gasteiger partial charge < -0.3 is 20.5 Å². The van der Waals surface area contributed by atoms with Crippen LogP contribution in [0.5, 0.6) is 0 Å². The van der Waals surface area contributed by atoms with E-state index in [1.54, 1.807) is 0 Å². The molecule has 1 saturated carbocycles. The Labute approximate surface area is 193 Å². The van der Waals surface area contributed by atoms with Gasteiger partial charge in [0.1, 0.15) is 6.61 Å². The number of alkyl carbamates (subject to hydrolysis) is 1. The molecule has 2 aromatic carbocycles. The number of hydrogen-bond donors (Lipinski definition) is 3. The number of rotatable bonds is 9. The molecule has 2 aliphatic carbocycles. The summed E-state index contributed by atoms with van der Waals surface area (Å²) in [6.45, 7) is 4.54. The first-order valence-electron chi connectivity index (χ1n) is 11.4. The van der Waals surface area contributed by atoms with Crippen LogP contribution in [0.4, 0.5) is 4.79 Å². The van der Waals surface area contributed by atoms with E-state index in [1.807, 2.05) is 38.1 Å². The lowest BCUT2D eigenvalue weighted by Gasteiger charge is -2.23. The van der Waals surface area contributed by atoms with Crippen molar-refractivity contribution in [1.29, 1.82) is 0 Å². The maximum absolute atomic E-state index is 12.5. The Bertz CT molecular complexity index is 1020. The summed E-state index contributed by atoms with van der Waals surface area (Å²) in [6.07, 6.45) is 0.547. The molecule has 2 amide bonds. The average molecular weight is 451 g/mol. The fourth-order valence-electron chi connectivity index (χ4n) is 4.48. The van der Waals surface area contributed by atoms with Gasteiger partial charge >= 0.3 is 12.1 Å². The van der Waals surface area contributed by atoms with Crippen LogP contribution in [0.2, 0.25) is 0 Å². The number of aliphatic carboxylic acids is 1. The van der Waals surface area contributed by atoms with Gasteiger partial charge in [-0.3, -0.25) is 9.59 Å². The van der Waals surface area contributed by atoms with Crippen molar-refractivity contribution >= 4 is 18.0 Å². The fraction of sp³-hybridized carbons (Fsp3) is 0.423. The minimum Gasteiger partial charge on any atom is -0.481 e. The highest BCUT2D eigenvalue weighted by Gasteiger charge is 2.43. The summed E-state index contributed by atoms with van der Waals surface area (Å²) in [6, 6.07) is 16.3. The number of nitrogens with one attached hydrogen (secondary N) is 2. The number of fused-ring (bicyclic) bond motifs is 3. The van der Waals surface area contributed by atoms with Crippen LogP contribution in [0.15, 0.2) is 48.5 Å². The van der Waals surface area contributed by atoms with E-state index >= 15 is 0 Å². The largest absolute Gasteiger partial charge is 0.481 e. The van der Waals surface area contributed by atoms with Crippen molar-refractivity contribution in [2.75, 3.05) is 19.7 Å². The van der Waals surface area contributed by atoms with Crippen LogP contribution >= 0.6 is 0 Å². The summed E-state index contributed by atoms with van der Waals surface area (Å²) in [5.74, 6) is -1.28. The standard InChI is InChI=1S/C26H30N2O5/c1-26(2,24(31)28-14-16-13-21(16)23(29)30)11-12-27-25(32)33-15-22-19-9-5-3-7-17(19)18-8-4-6-10-20(18)22/h3-10,16,21-22H,11-15H2,1-2H3,(H,27,32)(H,28,31)(H,29,30)/t16-,21-/m1/s1. The molecule has 0 radical (unpaired) electrons. The first-order valence-corrected chi connectivity index (χ1v) is 11.4. The Morgan fingerprint density at radius 2 is 1.61 bits per heavy atom. The van der Waals surface area contributed by atoms with Crippen molar-refractivity contribution < 1.29 is 24.2 Å². The van der Waals surface area contributed by atoms with E-state index < -0.39 is 17.5 Å². The van der Waals surface area contributed by atoms with Gasteiger partial charge in [0.2, 0.25) is 5.91 Å². The van der Waals surface area contributed by atoms with E-state index in [-0.39, 0.29) is 30.3 Å². The number of hydrogen-bond acceptors (Lipinski definition) is 4. The molecule has 2 aromatic rings. The zero-order valence-corrected chi connectivity index (χ0v) is 19.0. The molecule has 3 N–H and O–H groups in total.